The predicted octanol–water partition coefficient (Wildman–Crippen LogP) is -1.07. The predicted molar refractivity (Wildman–Crippen MR) is 37.7 cm³/mol. The molecule has 0 unspecified atom stereocenters. The van der Waals surface area contributed by atoms with Gasteiger partial charge in [0.2, 0.25) is 5.82 Å². The van der Waals surface area contributed by atoms with E-state index in [1.807, 2.05) is 0 Å². The zero-order valence-electron chi connectivity index (χ0n) is 4.61. The number of amides is 1. The number of hydrogen-bond acceptors (Lipinski definition) is 3. The van der Waals surface area contributed by atoms with Gasteiger partial charge in [-0.05, 0) is 6.07 Å². The van der Waals surface area contributed by atoms with Crippen LogP contribution in [0.4, 0.5) is 0 Å². The van der Waals surface area contributed by atoms with Crippen molar-refractivity contribution in [2.75, 3.05) is 0 Å². The second-order valence-corrected chi connectivity index (χ2v) is 1.44. The van der Waals surface area contributed by atoms with E-state index >= 15 is 0 Å². The number of carbonyl (C=O) groups is 1. The first-order valence-corrected chi connectivity index (χ1v) is 2.37. The fourth-order valence-corrected chi connectivity index (χ4v) is 0.426. The van der Waals surface area contributed by atoms with Crippen LogP contribution in [0.3, 0.4) is 0 Å². The minimum atomic E-state index is -0.601. The zero-order chi connectivity index (χ0) is 6.69. The molecule has 0 saturated heterocycles. The molecule has 0 aliphatic carbocycles. The third-order valence-electron chi connectivity index (χ3n) is 0.786. The van der Waals surface area contributed by atoms with Crippen molar-refractivity contribution in [1.82, 2.24) is 9.97 Å². The summed E-state index contributed by atoms with van der Waals surface area (Å²) in [5.41, 5.74) is 4.85. The van der Waals surface area contributed by atoms with Crippen molar-refractivity contribution in [1.29, 1.82) is 0 Å². The van der Waals surface area contributed by atoms with Gasteiger partial charge >= 0.3 is 29.6 Å². The molecule has 0 saturated carbocycles. The summed E-state index contributed by atoms with van der Waals surface area (Å²) in [6.07, 6.45) is 2.93. The number of rotatable bonds is 1. The Labute approximate surface area is 80.2 Å². The molecule has 0 spiro atoms. The Hall–Kier alpha value is -0.450. The van der Waals surface area contributed by atoms with E-state index < -0.39 is 5.91 Å². The van der Waals surface area contributed by atoms with E-state index in [0.29, 0.717) is 0 Å². The number of nitrogens with zero attached hydrogens (tertiary/aromatic N) is 2. The Balaban J connectivity index is 0.000000810. The first-order valence-electron chi connectivity index (χ1n) is 2.37. The number of aromatic nitrogens is 2. The monoisotopic (exact) mass is 147 g/mol. The van der Waals surface area contributed by atoms with Gasteiger partial charge in [0.15, 0.2) is 0 Å². The molecule has 1 amide bonds. The van der Waals surface area contributed by atoms with Crippen molar-refractivity contribution in [2.45, 2.75) is 0 Å². The molecular weight excluding hydrogens is 141 g/mol. The Morgan fingerprint density at radius 1 is 1.40 bits per heavy atom. The summed E-state index contributed by atoms with van der Waals surface area (Å²) in [7, 11) is 0. The van der Waals surface area contributed by atoms with Crippen LogP contribution in [0.2, 0.25) is 0 Å². The molecule has 0 atom stereocenters. The van der Waals surface area contributed by atoms with Gasteiger partial charge in [0.1, 0.15) is 0 Å². The van der Waals surface area contributed by atoms with Gasteiger partial charge in [-0.25, -0.2) is 9.97 Å². The molecule has 2 N–H and O–H groups in total. The maximum absolute atomic E-state index is 10.3. The first-order chi connectivity index (χ1) is 4.30. The van der Waals surface area contributed by atoms with Gasteiger partial charge in [0, 0.05) is 12.4 Å². The van der Waals surface area contributed by atoms with Crippen LogP contribution < -0.4 is 5.73 Å². The van der Waals surface area contributed by atoms with E-state index in [9.17, 15) is 4.79 Å². The van der Waals surface area contributed by atoms with Gasteiger partial charge in [-0.3, -0.25) is 4.79 Å². The van der Waals surface area contributed by atoms with Gasteiger partial charge in [-0.15, -0.1) is 0 Å². The first kappa shape index (κ1) is 9.55. The van der Waals surface area contributed by atoms with Crippen LogP contribution in [0.25, 0.3) is 0 Å². The van der Waals surface area contributed by atoms with Crippen LogP contribution in [0.1, 0.15) is 10.6 Å². The number of hydrogen-bond donors (Lipinski definition) is 1. The molecule has 0 radical (unpaired) electrons. The molecule has 5 heteroatoms. The topological polar surface area (TPSA) is 68.9 Å². The zero-order valence-corrected chi connectivity index (χ0v) is 4.61. The van der Waals surface area contributed by atoms with E-state index in [1.165, 1.54) is 12.4 Å². The molecule has 0 bridgehead atoms. The van der Waals surface area contributed by atoms with Crippen LogP contribution in [-0.2, 0) is 0 Å². The van der Waals surface area contributed by atoms with E-state index in [-0.39, 0.29) is 35.4 Å². The standard InChI is InChI=1S/C5H5N3O.Na.H/c6-4(9)5-7-2-1-3-8-5;;/h1-3H,(H2,6,9);;. The minimum absolute atomic E-state index is 0. The Morgan fingerprint density at radius 2 is 1.90 bits per heavy atom. The quantitative estimate of drug-likeness (QED) is 0.514. The Morgan fingerprint density at radius 3 is 2.20 bits per heavy atom. The van der Waals surface area contributed by atoms with E-state index in [0.717, 1.165) is 0 Å². The fourth-order valence-electron chi connectivity index (χ4n) is 0.426. The third-order valence-corrected chi connectivity index (χ3v) is 0.786. The van der Waals surface area contributed by atoms with Crippen molar-refractivity contribution in [3.63, 3.8) is 0 Å². The molecule has 4 nitrogen and oxygen atoms in total. The maximum atomic E-state index is 10.3. The van der Waals surface area contributed by atoms with E-state index in [4.69, 9.17) is 5.73 Å². The summed E-state index contributed by atoms with van der Waals surface area (Å²) in [6, 6.07) is 1.62. The molecule has 0 aliphatic heterocycles. The van der Waals surface area contributed by atoms with Crippen molar-refractivity contribution in [3.8, 4) is 0 Å². The summed E-state index contributed by atoms with van der Waals surface area (Å²) in [6.45, 7) is 0. The van der Waals surface area contributed by atoms with Crippen LogP contribution in [0, 0.1) is 0 Å². The van der Waals surface area contributed by atoms with Crippen molar-refractivity contribution < 1.29 is 4.79 Å². The number of carbonyl (C=O) groups excluding carboxylic acids is 1. The number of primary amides is 1. The van der Waals surface area contributed by atoms with Gasteiger partial charge in [-0.1, -0.05) is 0 Å². The van der Waals surface area contributed by atoms with Gasteiger partial charge in [0.05, 0.1) is 0 Å². The van der Waals surface area contributed by atoms with Crippen molar-refractivity contribution >= 4 is 35.5 Å². The summed E-state index contributed by atoms with van der Waals surface area (Å²) < 4.78 is 0. The SMILES string of the molecule is NC(=O)c1ncccn1.[NaH]. The Bertz CT molecular complexity index is 213. The van der Waals surface area contributed by atoms with E-state index in [2.05, 4.69) is 9.97 Å². The molecule has 1 aromatic rings. The molecular formula is C5H6N3NaO. The van der Waals surface area contributed by atoms with E-state index in [1.54, 1.807) is 6.07 Å². The van der Waals surface area contributed by atoms with Crippen LogP contribution in [-0.4, -0.2) is 45.4 Å². The normalized spacial score (nSPS) is 8.00. The van der Waals surface area contributed by atoms with Gasteiger partial charge < -0.3 is 5.73 Å². The molecule has 1 heterocycles. The Kier molecular flexibility index (Phi) is 4.18. The van der Waals surface area contributed by atoms with Crippen LogP contribution in [0.15, 0.2) is 18.5 Å². The molecule has 1 aromatic heterocycles. The van der Waals surface area contributed by atoms with Crippen molar-refractivity contribution in [2.24, 2.45) is 5.73 Å². The summed E-state index contributed by atoms with van der Waals surface area (Å²) >= 11 is 0. The second-order valence-electron chi connectivity index (χ2n) is 1.44. The third kappa shape index (κ3) is 2.43. The average Bonchev–Trinajstić information content (AvgIpc) is 1.90. The average molecular weight is 147 g/mol. The molecule has 48 valence electrons. The second kappa shape index (κ2) is 4.38. The van der Waals surface area contributed by atoms with Crippen LogP contribution >= 0.6 is 0 Å². The number of nitrogens with two attached hydrogens (primary N) is 1. The summed E-state index contributed by atoms with van der Waals surface area (Å²) in [4.78, 5) is 17.5. The van der Waals surface area contributed by atoms with Crippen molar-refractivity contribution in [3.05, 3.63) is 24.3 Å². The molecule has 0 fully saturated rings. The van der Waals surface area contributed by atoms with Gasteiger partial charge in [0.25, 0.3) is 5.91 Å². The molecule has 0 aromatic carbocycles. The fraction of sp³-hybridized carbons (Fsp3) is 0. The summed E-state index contributed by atoms with van der Waals surface area (Å²) in [5, 5.41) is 0. The molecule has 10 heavy (non-hydrogen) atoms. The van der Waals surface area contributed by atoms with Crippen LogP contribution in [0.5, 0.6) is 0 Å². The van der Waals surface area contributed by atoms with Gasteiger partial charge in [-0.2, -0.15) is 0 Å². The summed E-state index contributed by atoms with van der Waals surface area (Å²) in [5.74, 6) is -0.548. The molecule has 0 aliphatic rings. The molecule has 1 rings (SSSR count).